The number of ether oxygens (including phenoxy) is 1. The van der Waals surface area contributed by atoms with Crippen LogP contribution in [0.4, 0.5) is 5.69 Å². The number of fused-ring (bicyclic) bond motifs is 1. The Labute approximate surface area is 201 Å². The van der Waals surface area contributed by atoms with Crippen LogP contribution in [-0.2, 0) is 11.2 Å². The van der Waals surface area contributed by atoms with Crippen molar-refractivity contribution < 1.29 is 19.5 Å². The summed E-state index contributed by atoms with van der Waals surface area (Å²) in [6.45, 7) is 0.603. The molecule has 0 aliphatic heterocycles. The first-order valence-corrected chi connectivity index (χ1v) is 11.6. The molecule has 0 fully saturated rings. The molecule has 1 aromatic heterocycles. The van der Waals surface area contributed by atoms with Gasteiger partial charge in [-0.15, -0.1) is 11.3 Å². The molecule has 2 amide bonds. The fraction of sp³-hybridized carbons (Fsp3) is 0.154. The van der Waals surface area contributed by atoms with Gasteiger partial charge in [-0.05, 0) is 59.3 Å². The Hall–Kier alpha value is -3.72. The molecular formula is C26H25N3O4S. The highest BCUT2D eigenvalue weighted by atomic mass is 32.1. The van der Waals surface area contributed by atoms with Crippen LogP contribution in [0.15, 0.2) is 78.9 Å². The third-order valence-electron chi connectivity index (χ3n) is 5.43. The van der Waals surface area contributed by atoms with E-state index in [4.69, 9.17) is 9.94 Å². The Bertz CT molecular complexity index is 1270. The van der Waals surface area contributed by atoms with Crippen molar-refractivity contribution in [1.82, 2.24) is 10.8 Å². The highest BCUT2D eigenvalue weighted by Crippen LogP contribution is 2.29. The number of carbonyl (C=O) groups excluding carboxylic acids is 2. The number of carbonyl (C=O) groups is 2. The summed E-state index contributed by atoms with van der Waals surface area (Å²) < 4.78 is 6.04. The summed E-state index contributed by atoms with van der Waals surface area (Å²) in [6.07, 6.45) is 0.773. The second-order valence-corrected chi connectivity index (χ2v) is 8.77. The van der Waals surface area contributed by atoms with Gasteiger partial charge in [0.2, 0.25) is 5.91 Å². The highest BCUT2D eigenvalue weighted by molar-refractivity contribution is 7.20. The predicted molar refractivity (Wildman–Crippen MR) is 134 cm³/mol. The smallest absolute Gasteiger partial charge is 0.284 e. The molecule has 1 heterocycles. The number of methoxy groups -OCH3 is 1. The summed E-state index contributed by atoms with van der Waals surface area (Å²) in [5, 5.41) is 16.1. The van der Waals surface area contributed by atoms with Crippen LogP contribution in [0.1, 0.15) is 26.8 Å². The Balaban J connectivity index is 1.57. The van der Waals surface area contributed by atoms with Crippen molar-refractivity contribution in [3.63, 3.8) is 0 Å². The van der Waals surface area contributed by atoms with Crippen LogP contribution in [-0.4, -0.2) is 30.7 Å². The molecule has 3 aromatic carbocycles. The number of anilines is 1. The minimum absolute atomic E-state index is 0.192. The molecule has 174 valence electrons. The summed E-state index contributed by atoms with van der Waals surface area (Å²) in [7, 11) is 1.59. The standard InChI is InChI=1S/C26H25N3O4S/c1-33-21-11-9-20(10-12-21)28-26(31)24(27-14-13-17-5-3-2-4-6-17)19-8-7-18-15-23(25(30)29-32)34-22(18)16-19/h2-12,15-16,24,27,32H,13-14H2,1H3,(H,28,31)(H,29,30). The molecule has 7 nitrogen and oxygen atoms in total. The number of hydroxylamine groups is 1. The van der Waals surface area contributed by atoms with Crippen molar-refractivity contribution in [2.45, 2.75) is 12.5 Å². The lowest BCUT2D eigenvalue weighted by molar-refractivity contribution is -0.118. The van der Waals surface area contributed by atoms with Gasteiger partial charge in [0.15, 0.2) is 0 Å². The molecule has 0 spiro atoms. The summed E-state index contributed by atoms with van der Waals surface area (Å²) in [5.41, 5.74) is 4.29. The molecule has 0 bridgehead atoms. The molecule has 0 saturated carbocycles. The van der Waals surface area contributed by atoms with E-state index in [-0.39, 0.29) is 5.91 Å². The van der Waals surface area contributed by atoms with Gasteiger partial charge in [0.1, 0.15) is 11.8 Å². The number of nitrogens with one attached hydrogen (secondary N) is 3. The maximum atomic E-state index is 13.3. The van der Waals surface area contributed by atoms with Crippen molar-refractivity contribution in [3.05, 3.63) is 94.9 Å². The van der Waals surface area contributed by atoms with E-state index in [0.717, 1.165) is 22.1 Å². The summed E-state index contributed by atoms with van der Waals surface area (Å²) in [5.74, 6) is -0.0404. The fourth-order valence-electron chi connectivity index (χ4n) is 3.65. The number of amides is 2. The molecule has 0 radical (unpaired) electrons. The van der Waals surface area contributed by atoms with Crippen LogP contribution in [0.25, 0.3) is 10.1 Å². The average Bonchev–Trinajstić information content (AvgIpc) is 3.30. The van der Waals surface area contributed by atoms with Crippen LogP contribution in [0.3, 0.4) is 0 Å². The number of thiophene rings is 1. The Morgan fingerprint density at radius 2 is 1.76 bits per heavy atom. The minimum atomic E-state index is -0.604. The quantitative estimate of drug-likeness (QED) is 0.210. The summed E-state index contributed by atoms with van der Waals surface area (Å²) in [4.78, 5) is 25.5. The molecule has 0 aliphatic carbocycles. The molecule has 4 N–H and O–H groups in total. The average molecular weight is 476 g/mol. The first-order valence-electron chi connectivity index (χ1n) is 10.8. The van der Waals surface area contributed by atoms with Gasteiger partial charge in [-0.1, -0.05) is 42.5 Å². The third kappa shape index (κ3) is 5.60. The first kappa shape index (κ1) is 23.4. The van der Waals surface area contributed by atoms with Crippen molar-refractivity contribution >= 4 is 38.9 Å². The van der Waals surface area contributed by atoms with E-state index in [0.29, 0.717) is 22.9 Å². The lowest BCUT2D eigenvalue weighted by atomic mass is 10.0. The van der Waals surface area contributed by atoms with E-state index in [1.165, 1.54) is 16.9 Å². The molecule has 0 aliphatic rings. The highest BCUT2D eigenvalue weighted by Gasteiger charge is 2.21. The maximum Gasteiger partial charge on any atom is 0.284 e. The fourth-order valence-corrected chi connectivity index (χ4v) is 4.65. The normalized spacial score (nSPS) is 11.7. The topological polar surface area (TPSA) is 99.7 Å². The van der Waals surface area contributed by atoms with Gasteiger partial charge in [0.05, 0.1) is 12.0 Å². The van der Waals surface area contributed by atoms with Crippen LogP contribution in [0.5, 0.6) is 5.75 Å². The second kappa shape index (κ2) is 10.9. The lowest BCUT2D eigenvalue weighted by Crippen LogP contribution is -2.34. The van der Waals surface area contributed by atoms with E-state index < -0.39 is 11.9 Å². The van der Waals surface area contributed by atoms with Crippen molar-refractivity contribution in [2.24, 2.45) is 0 Å². The molecule has 34 heavy (non-hydrogen) atoms. The van der Waals surface area contributed by atoms with E-state index in [1.54, 1.807) is 42.9 Å². The van der Waals surface area contributed by atoms with Crippen LogP contribution in [0.2, 0.25) is 0 Å². The maximum absolute atomic E-state index is 13.3. The monoisotopic (exact) mass is 475 g/mol. The lowest BCUT2D eigenvalue weighted by Gasteiger charge is -2.19. The molecule has 8 heteroatoms. The zero-order valence-corrected chi connectivity index (χ0v) is 19.4. The van der Waals surface area contributed by atoms with Gasteiger partial charge in [0, 0.05) is 16.9 Å². The van der Waals surface area contributed by atoms with Gasteiger partial charge in [-0.25, -0.2) is 5.48 Å². The Morgan fingerprint density at radius 1 is 1.00 bits per heavy atom. The summed E-state index contributed by atoms with van der Waals surface area (Å²) in [6, 6.07) is 24.0. The van der Waals surface area contributed by atoms with Gasteiger partial charge in [-0.3, -0.25) is 14.8 Å². The SMILES string of the molecule is COc1ccc(NC(=O)C(NCCc2ccccc2)c2ccc3cc(C(=O)NO)sc3c2)cc1. The number of rotatable bonds is 9. The van der Waals surface area contributed by atoms with Gasteiger partial charge in [0.25, 0.3) is 5.91 Å². The minimum Gasteiger partial charge on any atom is -0.497 e. The molecule has 1 atom stereocenters. The Morgan fingerprint density at radius 3 is 2.47 bits per heavy atom. The van der Waals surface area contributed by atoms with E-state index in [9.17, 15) is 9.59 Å². The first-order chi connectivity index (χ1) is 16.6. The van der Waals surface area contributed by atoms with Crippen LogP contribution in [0, 0.1) is 0 Å². The van der Waals surface area contributed by atoms with Crippen LogP contribution >= 0.6 is 11.3 Å². The van der Waals surface area contributed by atoms with E-state index in [2.05, 4.69) is 22.8 Å². The zero-order valence-electron chi connectivity index (χ0n) is 18.6. The predicted octanol–water partition coefficient (Wildman–Crippen LogP) is 4.54. The van der Waals surface area contributed by atoms with E-state index in [1.807, 2.05) is 36.4 Å². The van der Waals surface area contributed by atoms with Crippen molar-refractivity contribution in [2.75, 3.05) is 19.0 Å². The van der Waals surface area contributed by atoms with Gasteiger partial charge >= 0.3 is 0 Å². The Kier molecular flexibility index (Phi) is 7.54. The molecule has 4 rings (SSSR count). The summed E-state index contributed by atoms with van der Waals surface area (Å²) >= 11 is 1.26. The molecule has 4 aromatic rings. The molecular weight excluding hydrogens is 450 g/mol. The number of benzene rings is 3. The largest absolute Gasteiger partial charge is 0.497 e. The van der Waals surface area contributed by atoms with Crippen molar-refractivity contribution in [1.29, 1.82) is 0 Å². The second-order valence-electron chi connectivity index (χ2n) is 7.69. The van der Waals surface area contributed by atoms with Gasteiger partial charge in [-0.2, -0.15) is 0 Å². The van der Waals surface area contributed by atoms with Crippen molar-refractivity contribution in [3.8, 4) is 5.75 Å². The zero-order chi connectivity index (χ0) is 23.9. The molecule has 0 saturated heterocycles. The van der Waals surface area contributed by atoms with Gasteiger partial charge < -0.3 is 15.4 Å². The number of hydrogen-bond acceptors (Lipinski definition) is 6. The third-order valence-corrected chi connectivity index (χ3v) is 6.52. The number of hydrogen-bond donors (Lipinski definition) is 4. The van der Waals surface area contributed by atoms with Crippen LogP contribution < -0.4 is 20.9 Å². The molecule has 1 unspecified atom stereocenters. The van der Waals surface area contributed by atoms with E-state index >= 15 is 0 Å².